The molecule has 0 aliphatic heterocycles. The van der Waals surface area contributed by atoms with Gasteiger partial charge in [0, 0.05) is 6.20 Å². The molecule has 6 heteroatoms. The Morgan fingerprint density at radius 2 is 2.44 bits per heavy atom. The van der Waals surface area contributed by atoms with E-state index in [1.54, 1.807) is 10.9 Å². The summed E-state index contributed by atoms with van der Waals surface area (Å²) in [5.41, 5.74) is 0.425. The lowest BCUT2D eigenvalue weighted by atomic mass is 10.2. The molecule has 0 unspecified atom stereocenters. The van der Waals surface area contributed by atoms with E-state index in [-0.39, 0.29) is 18.8 Å². The molecule has 1 fully saturated rings. The molecular weight excluding hydrogens is 239 g/mol. The smallest absolute Gasteiger partial charge is 0.341 e. The van der Waals surface area contributed by atoms with Gasteiger partial charge in [-0.1, -0.05) is 0 Å². The second-order valence-corrected chi connectivity index (χ2v) is 4.30. The lowest BCUT2D eigenvalue weighted by Gasteiger charge is -2.19. The third kappa shape index (κ3) is 2.69. The van der Waals surface area contributed by atoms with Gasteiger partial charge in [-0.2, -0.15) is 5.10 Å². The number of carbonyl (C=O) groups is 1. The fourth-order valence-corrected chi connectivity index (χ4v) is 2.34. The molecule has 5 nitrogen and oxygen atoms in total. The summed E-state index contributed by atoms with van der Waals surface area (Å²) >= 11 is 0. The summed E-state index contributed by atoms with van der Waals surface area (Å²) in [7, 11) is 1.34. The lowest BCUT2D eigenvalue weighted by Crippen LogP contribution is -2.23. The summed E-state index contributed by atoms with van der Waals surface area (Å²) < 4.78 is 23.9. The SMILES string of the molecule is COC(=O)c1cnn([C@@H]2CCC[C@H]2OCCF)c1. The second-order valence-electron chi connectivity index (χ2n) is 4.30. The van der Waals surface area contributed by atoms with Gasteiger partial charge in [0.15, 0.2) is 0 Å². The molecule has 0 radical (unpaired) electrons. The number of nitrogens with zero attached hydrogens (tertiary/aromatic N) is 2. The summed E-state index contributed by atoms with van der Waals surface area (Å²) in [6.07, 6.45) is 5.97. The maximum Gasteiger partial charge on any atom is 0.341 e. The largest absolute Gasteiger partial charge is 0.465 e. The van der Waals surface area contributed by atoms with Crippen LogP contribution in [0.25, 0.3) is 0 Å². The molecular formula is C12H17FN2O3. The third-order valence-corrected chi connectivity index (χ3v) is 3.19. The van der Waals surface area contributed by atoms with Crippen molar-refractivity contribution < 1.29 is 18.7 Å². The van der Waals surface area contributed by atoms with E-state index in [0.717, 1.165) is 19.3 Å². The van der Waals surface area contributed by atoms with Crippen molar-refractivity contribution in [2.45, 2.75) is 31.4 Å². The number of carbonyl (C=O) groups excluding carboxylic acids is 1. The van der Waals surface area contributed by atoms with Gasteiger partial charge in [0.25, 0.3) is 0 Å². The Labute approximate surface area is 105 Å². The Balaban J connectivity index is 2.05. The maximum absolute atomic E-state index is 12.1. The molecule has 0 saturated heterocycles. The third-order valence-electron chi connectivity index (χ3n) is 3.19. The number of rotatable bonds is 5. The molecule has 1 aromatic rings. The predicted molar refractivity (Wildman–Crippen MR) is 62.2 cm³/mol. The minimum Gasteiger partial charge on any atom is -0.465 e. The van der Waals surface area contributed by atoms with E-state index >= 15 is 0 Å². The van der Waals surface area contributed by atoms with Crippen molar-refractivity contribution in [3.63, 3.8) is 0 Å². The Kier molecular flexibility index (Phi) is 4.30. The zero-order valence-electron chi connectivity index (χ0n) is 10.3. The molecule has 18 heavy (non-hydrogen) atoms. The first kappa shape index (κ1) is 13.0. The van der Waals surface area contributed by atoms with Crippen molar-refractivity contribution in [2.24, 2.45) is 0 Å². The Bertz CT molecular complexity index is 408. The van der Waals surface area contributed by atoms with Crippen LogP contribution in [0.3, 0.4) is 0 Å². The van der Waals surface area contributed by atoms with E-state index in [0.29, 0.717) is 5.56 Å². The Hall–Kier alpha value is -1.43. The van der Waals surface area contributed by atoms with Crippen molar-refractivity contribution in [3.05, 3.63) is 18.0 Å². The quantitative estimate of drug-likeness (QED) is 0.753. The average Bonchev–Trinajstić information content (AvgIpc) is 3.03. The molecule has 2 rings (SSSR count). The first-order chi connectivity index (χ1) is 8.76. The highest BCUT2D eigenvalue weighted by atomic mass is 19.1. The highest BCUT2D eigenvalue weighted by Gasteiger charge is 2.30. The van der Waals surface area contributed by atoms with E-state index in [4.69, 9.17) is 4.74 Å². The van der Waals surface area contributed by atoms with Gasteiger partial charge in [0.2, 0.25) is 0 Å². The number of alkyl halides is 1. The average molecular weight is 256 g/mol. The van der Waals surface area contributed by atoms with Crippen LogP contribution in [-0.2, 0) is 9.47 Å². The van der Waals surface area contributed by atoms with Gasteiger partial charge >= 0.3 is 5.97 Å². The van der Waals surface area contributed by atoms with Crippen molar-refractivity contribution in [2.75, 3.05) is 20.4 Å². The van der Waals surface area contributed by atoms with E-state index in [1.165, 1.54) is 13.3 Å². The summed E-state index contributed by atoms with van der Waals surface area (Å²) in [5.74, 6) is -0.402. The number of methoxy groups -OCH3 is 1. The number of hydrogen-bond acceptors (Lipinski definition) is 4. The fraction of sp³-hybridized carbons (Fsp3) is 0.667. The topological polar surface area (TPSA) is 53.3 Å². The first-order valence-corrected chi connectivity index (χ1v) is 6.06. The van der Waals surface area contributed by atoms with Crippen LogP contribution < -0.4 is 0 Å². The van der Waals surface area contributed by atoms with E-state index < -0.39 is 12.6 Å². The number of aromatic nitrogens is 2. The maximum atomic E-state index is 12.1. The summed E-state index contributed by atoms with van der Waals surface area (Å²) in [6.45, 7) is -0.359. The van der Waals surface area contributed by atoms with Crippen LogP contribution in [0.15, 0.2) is 12.4 Å². The molecule has 1 aliphatic rings. The lowest BCUT2D eigenvalue weighted by molar-refractivity contribution is 0.0211. The van der Waals surface area contributed by atoms with Crippen molar-refractivity contribution in [1.82, 2.24) is 9.78 Å². The molecule has 1 aliphatic carbocycles. The van der Waals surface area contributed by atoms with Crippen LogP contribution in [0, 0.1) is 0 Å². The zero-order valence-corrected chi connectivity index (χ0v) is 10.3. The summed E-state index contributed by atoms with van der Waals surface area (Å²) in [4.78, 5) is 11.3. The molecule has 100 valence electrons. The Morgan fingerprint density at radius 1 is 1.61 bits per heavy atom. The normalized spacial score (nSPS) is 23.2. The van der Waals surface area contributed by atoms with Crippen LogP contribution >= 0.6 is 0 Å². The molecule has 0 spiro atoms. The van der Waals surface area contributed by atoms with Gasteiger partial charge in [-0.15, -0.1) is 0 Å². The highest BCUT2D eigenvalue weighted by Crippen LogP contribution is 2.32. The van der Waals surface area contributed by atoms with Gasteiger partial charge in [-0.25, -0.2) is 9.18 Å². The van der Waals surface area contributed by atoms with Crippen molar-refractivity contribution >= 4 is 5.97 Å². The molecule has 2 atom stereocenters. The van der Waals surface area contributed by atoms with Crippen LogP contribution in [-0.4, -0.2) is 42.2 Å². The molecule has 0 amide bonds. The standard InChI is InChI=1S/C12H17FN2O3/c1-17-12(16)9-7-14-15(8-9)10-3-2-4-11(10)18-6-5-13/h7-8,10-11H,2-6H2,1H3/t10-,11-/m1/s1. The number of halogens is 1. The Morgan fingerprint density at radius 3 is 3.17 bits per heavy atom. The van der Waals surface area contributed by atoms with Crippen molar-refractivity contribution in [3.8, 4) is 0 Å². The highest BCUT2D eigenvalue weighted by molar-refractivity contribution is 5.88. The molecule has 1 heterocycles. The van der Waals surface area contributed by atoms with Crippen LogP contribution in [0.2, 0.25) is 0 Å². The monoisotopic (exact) mass is 256 g/mol. The van der Waals surface area contributed by atoms with Crippen LogP contribution in [0.1, 0.15) is 35.7 Å². The van der Waals surface area contributed by atoms with E-state index in [9.17, 15) is 9.18 Å². The van der Waals surface area contributed by atoms with Crippen LogP contribution in [0.4, 0.5) is 4.39 Å². The summed E-state index contributed by atoms with van der Waals surface area (Å²) in [5, 5.41) is 4.17. The molecule has 0 bridgehead atoms. The molecule has 0 aromatic carbocycles. The molecule has 0 N–H and O–H groups in total. The number of esters is 1. The minimum atomic E-state index is -0.476. The second kappa shape index (κ2) is 5.95. The van der Waals surface area contributed by atoms with Crippen LogP contribution in [0.5, 0.6) is 0 Å². The van der Waals surface area contributed by atoms with E-state index in [1.807, 2.05) is 0 Å². The van der Waals surface area contributed by atoms with E-state index in [2.05, 4.69) is 9.84 Å². The molecule has 1 saturated carbocycles. The number of ether oxygens (including phenoxy) is 2. The zero-order chi connectivity index (χ0) is 13.0. The van der Waals surface area contributed by atoms with Gasteiger partial charge in [0.05, 0.1) is 37.6 Å². The van der Waals surface area contributed by atoms with Gasteiger partial charge in [-0.05, 0) is 19.3 Å². The van der Waals surface area contributed by atoms with Gasteiger partial charge in [-0.3, -0.25) is 4.68 Å². The summed E-state index contributed by atoms with van der Waals surface area (Å²) in [6, 6.07) is 0.0787. The van der Waals surface area contributed by atoms with Gasteiger partial charge in [0.1, 0.15) is 6.67 Å². The predicted octanol–water partition coefficient (Wildman–Crippen LogP) is 1.75. The number of hydrogen-bond donors (Lipinski definition) is 0. The van der Waals surface area contributed by atoms with Gasteiger partial charge < -0.3 is 9.47 Å². The van der Waals surface area contributed by atoms with Crippen molar-refractivity contribution in [1.29, 1.82) is 0 Å². The first-order valence-electron chi connectivity index (χ1n) is 6.06. The molecule has 1 aromatic heterocycles. The minimum absolute atomic E-state index is 0.0221. The fourth-order valence-electron chi connectivity index (χ4n) is 2.34.